The van der Waals surface area contributed by atoms with E-state index in [1.54, 1.807) is 11.5 Å². The predicted octanol–water partition coefficient (Wildman–Crippen LogP) is 2.97. The van der Waals surface area contributed by atoms with E-state index in [1.165, 1.54) is 6.92 Å². The maximum Gasteiger partial charge on any atom is 0.349 e. The minimum absolute atomic E-state index is 0.127. The Labute approximate surface area is 201 Å². The van der Waals surface area contributed by atoms with Crippen molar-refractivity contribution in [2.45, 2.75) is 58.5 Å². The van der Waals surface area contributed by atoms with Crippen LogP contribution in [0, 0.1) is 6.92 Å². The van der Waals surface area contributed by atoms with E-state index >= 15 is 0 Å². The molecule has 3 aromatic rings. The fourth-order valence-electron chi connectivity index (χ4n) is 4.18. The van der Waals surface area contributed by atoms with Gasteiger partial charge in [-0.15, -0.1) is 11.3 Å². The summed E-state index contributed by atoms with van der Waals surface area (Å²) >= 11 is 1.11. The molecule has 1 atom stereocenters. The second-order valence-corrected chi connectivity index (χ2v) is 9.53. The second-order valence-electron chi connectivity index (χ2n) is 8.53. The average Bonchev–Trinajstić information content (AvgIpc) is 2.98. The lowest BCUT2D eigenvalue weighted by molar-refractivity contribution is -0.128. The predicted molar refractivity (Wildman–Crippen MR) is 129 cm³/mol. The summed E-state index contributed by atoms with van der Waals surface area (Å²) in [6.07, 6.45) is 4.06. The van der Waals surface area contributed by atoms with Gasteiger partial charge in [-0.1, -0.05) is 36.8 Å². The zero-order chi connectivity index (χ0) is 24.2. The molecule has 1 aliphatic rings. The number of nitrogens with one attached hydrogen (secondary N) is 1. The number of esters is 1. The SMILES string of the molecule is CC(=O)C(Cc1ccccc1)NC(=O)COC(=O)c1sc2nc3n(c(=O)c2c1C)CCCCC3. The molecule has 0 radical (unpaired) electrons. The fraction of sp³-hybridized carbons (Fsp3) is 0.400. The highest BCUT2D eigenvalue weighted by Gasteiger charge is 2.24. The first kappa shape index (κ1) is 23.8. The second kappa shape index (κ2) is 10.3. The molecule has 1 aromatic carbocycles. The van der Waals surface area contributed by atoms with E-state index < -0.39 is 24.5 Å². The molecule has 8 nitrogen and oxygen atoms in total. The number of aromatic nitrogens is 2. The largest absolute Gasteiger partial charge is 0.451 e. The topological polar surface area (TPSA) is 107 Å². The van der Waals surface area contributed by atoms with Crippen LogP contribution in [0.2, 0.25) is 0 Å². The van der Waals surface area contributed by atoms with Crippen molar-refractivity contribution in [3.63, 3.8) is 0 Å². The Morgan fingerprint density at radius 2 is 1.94 bits per heavy atom. The molecule has 2 aromatic heterocycles. The van der Waals surface area contributed by atoms with Gasteiger partial charge in [-0.2, -0.15) is 0 Å². The van der Waals surface area contributed by atoms with Gasteiger partial charge in [0.1, 0.15) is 15.5 Å². The van der Waals surface area contributed by atoms with Gasteiger partial charge in [-0.25, -0.2) is 9.78 Å². The summed E-state index contributed by atoms with van der Waals surface area (Å²) < 4.78 is 6.94. The summed E-state index contributed by atoms with van der Waals surface area (Å²) in [5.41, 5.74) is 1.31. The van der Waals surface area contributed by atoms with Crippen LogP contribution in [0.4, 0.5) is 0 Å². The van der Waals surface area contributed by atoms with E-state index in [0.717, 1.165) is 48.4 Å². The number of ketones is 1. The van der Waals surface area contributed by atoms with Crippen molar-refractivity contribution in [2.24, 2.45) is 0 Å². The van der Waals surface area contributed by atoms with Crippen molar-refractivity contribution in [3.05, 3.63) is 62.5 Å². The minimum Gasteiger partial charge on any atom is -0.451 e. The molecule has 34 heavy (non-hydrogen) atoms. The molecule has 0 aliphatic carbocycles. The number of nitrogens with zero attached hydrogens (tertiary/aromatic N) is 2. The van der Waals surface area contributed by atoms with Gasteiger partial charge in [0, 0.05) is 13.0 Å². The number of amides is 1. The lowest BCUT2D eigenvalue weighted by Crippen LogP contribution is -2.43. The Balaban J connectivity index is 1.45. The van der Waals surface area contributed by atoms with Crippen molar-refractivity contribution in [1.29, 1.82) is 0 Å². The number of ether oxygens (including phenoxy) is 1. The molecule has 0 spiro atoms. The number of hydrogen-bond acceptors (Lipinski definition) is 7. The molecule has 0 bridgehead atoms. The Bertz CT molecular complexity index is 1300. The van der Waals surface area contributed by atoms with E-state index in [4.69, 9.17) is 4.74 Å². The standard InChI is InChI=1S/C25H27N3O5S/c1-15-21-23(27-19-11-7-4-8-12-28(19)24(21)31)34-22(15)25(32)33-14-20(30)26-18(16(2)29)13-17-9-5-3-6-10-17/h3,5-6,9-10,18H,4,7-8,11-14H2,1-2H3,(H,26,30). The Kier molecular flexibility index (Phi) is 7.21. The minimum atomic E-state index is -0.709. The highest BCUT2D eigenvalue weighted by atomic mass is 32.1. The van der Waals surface area contributed by atoms with Gasteiger partial charge in [0.2, 0.25) is 0 Å². The Morgan fingerprint density at radius 3 is 2.68 bits per heavy atom. The zero-order valence-corrected chi connectivity index (χ0v) is 20.1. The quantitative estimate of drug-likeness (QED) is 0.520. The van der Waals surface area contributed by atoms with Crippen LogP contribution in [0.3, 0.4) is 0 Å². The molecule has 0 saturated heterocycles. The molecule has 0 fully saturated rings. The number of Topliss-reactive ketones (excluding diaryl/α,β-unsaturated/α-hetero) is 1. The van der Waals surface area contributed by atoms with E-state index in [9.17, 15) is 19.2 Å². The van der Waals surface area contributed by atoms with Crippen LogP contribution in [-0.4, -0.2) is 39.9 Å². The van der Waals surface area contributed by atoms with Gasteiger partial charge in [0.15, 0.2) is 12.4 Å². The molecule has 1 amide bonds. The van der Waals surface area contributed by atoms with Gasteiger partial charge in [-0.3, -0.25) is 19.0 Å². The highest BCUT2D eigenvalue weighted by Crippen LogP contribution is 2.29. The monoisotopic (exact) mass is 481 g/mol. The number of hydrogen-bond donors (Lipinski definition) is 1. The fourth-order valence-corrected chi connectivity index (χ4v) is 5.27. The normalized spacial score (nSPS) is 14.2. The smallest absolute Gasteiger partial charge is 0.349 e. The van der Waals surface area contributed by atoms with Crippen LogP contribution in [0.15, 0.2) is 35.1 Å². The number of thiophene rings is 1. The van der Waals surface area contributed by atoms with Crippen LogP contribution in [-0.2, 0) is 33.7 Å². The molecular weight excluding hydrogens is 454 g/mol. The van der Waals surface area contributed by atoms with Crippen molar-refractivity contribution in [3.8, 4) is 0 Å². The molecule has 178 valence electrons. The first-order valence-corrected chi connectivity index (χ1v) is 12.2. The molecular formula is C25H27N3O5S. The average molecular weight is 482 g/mol. The highest BCUT2D eigenvalue weighted by molar-refractivity contribution is 7.20. The first-order valence-electron chi connectivity index (χ1n) is 11.4. The zero-order valence-electron chi connectivity index (χ0n) is 19.3. The molecule has 1 N–H and O–H groups in total. The lowest BCUT2D eigenvalue weighted by atomic mass is 10.0. The third-order valence-corrected chi connectivity index (χ3v) is 7.21. The summed E-state index contributed by atoms with van der Waals surface area (Å²) in [5.74, 6) is -0.676. The number of carbonyl (C=O) groups is 3. The third kappa shape index (κ3) is 5.09. The molecule has 1 aliphatic heterocycles. The third-order valence-electron chi connectivity index (χ3n) is 6.04. The van der Waals surface area contributed by atoms with Crippen molar-refractivity contribution in [2.75, 3.05) is 6.61 Å². The van der Waals surface area contributed by atoms with E-state index in [1.807, 2.05) is 30.3 Å². The first-order chi connectivity index (χ1) is 16.3. The van der Waals surface area contributed by atoms with Gasteiger partial charge < -0.3 is 10.1 Å². The van der Waals surface area contributed by atoms with Crippen LogP contribution in [0.1, 0.15) is 52.8 Å². The Morgan fingerprint density at radius 1 is 1.18 bits per heavy atom. The molecule has 4 rings (SSSR count). The van der Waals surface area contributed by atoms with Crippen molar-refractivity contribution < 1.29 is 19.1 Å². The summed E-state index contributed by atoms with van der Waals surface area (Å²) in [4.78, 5) is 55.6. The van der Waals surface area contributed by atoms with E-state index in [2.05, 4.69) is 10.3 Å². The summed E-state index contributed by atoms with van der Waals surface area (Å²) in [5, 5.41) is 3.07. The molecule has 3 heterocycles. The maximum absolute atomic E-state index is 13.1. The van der Waals surface area contributed by atoms with Crippen LogP contribution in [0.5, 0.6) is 0 Å². The van der Waals surface area contributed by atoms with E-state index in [0.29, 0.717) is 28.7 Å². The van der Waals surface area contributed by atoms with Crippen molar-refractivity contribution in [1.82, 2.24) is 14.9 Å². The van der Waals surface area contributed by atoms with Crippen molar-refractivity contribution >= 4 is 39.2 Å². The van der Waals surface area contributed by atoms with Crippen LogP contribution >= 0.6 is 11.3 Å². The lowest BCUT2D eigenvalue weighted by Gasteiger charge is -2.16. The summed E-state index contributed by atoms with van der Waals surface area (Å²) in [6, 6.07) is 8.65. The number of fused-ring (bicyclic) bond motifs is 2. The van der Waals surface area contributed by atoms with Gasteiger partial charge in [0.25, 0.3) is 11.5 Å². The Hall–Kier alpha value is -3.33. The number of benzene rings is 1. The molecule has 1 unspecified atom stereocenters. The van der Waals surface area contributed by atoms with Crippen LogP contribution < -0.4 is 10.9 Å². The van der Waals surface area contributed by atoms with Gasteiger partial charge in [-0.05, 0) is 44.2 Å². The maximum atomic E-state index is 13.1. The van der Waals surface area contributed by atoms with E-state index in [-0.39, 0.29) is 16.2 Å². The van der Waals surface area contributed by atoms with Crippen LogP contribution in [0.25, 0.3) is 10.2 Å². The molecule has 9 heteroatoms. The summed E-state index contributed by atoms with van der Waals surface area (Å²) in [7, 11) is 0. The number of aryl methyl sites for hydroxylation is 2. The van der Waals surface area contributed by atoms with Gasteiger partial charge in [0.05, 0.1) is 11.4 Å². The molecule has 0 saturated carbocycles. The summed E-state index contributed by atoms with van der Waals surface area (Å²) in [6.45, 7) is 3.22. The van der Waals surface area contributed by atoms with Gasteiger partial charge >= 0.3 is 5.97 Å². The number of rotatable bonds is 7. The number of carbonyl (C=O) groups excluding carboxylic acids is 3.